The highest BCUT2D eigenvalue weighted by Crippen LogP contribution is 2.28. The van der Waals surface area contributed by atoms with Crippen LogP contribution in [0.15, 0.2) is 36.4 Å². The van der Waals surface area contributed by atoms with Crippen molar-refractivity contribution in [3.8, 4) is 18.1 Å². The van der Waals surface area contributed by atoms with Crippen molar-refractivity contribution in [2.45, 2.75) is 0 Å². The minimum Gasteiger partial charge on any atom is -0.480 e. The lowest BCUT2D eigenvalue weighted by Gasteiger charge is -2.08. The zero-order valence-corrected chi connectivity index (χ0v) is 9.01. The molecule has 0 saturated carbocycles. The van der Waals surface area contributed by atoms with Gasteiger partial charge in [-0.1, -0.05) is 30.2 Å². The Morgan fingerprint density at radius 1 is 1.24 bits per heavy atom. The second-order valence-electron chi connectivity index (χ2n) is 3.45. The molecule has 0 unspecified atom stereocenters. The molecular weight excluding hydrogens is 216 g/mol. The van der Waals surface area contributed by atoms with Gasteiger partial charge in [-0.2, -0.15) is 0 Å². The molecule has 0 atom stereocenters. The van der Waals surface area contributed by atoms with Gasteiger partial charge in [0.15, 0.2) is 0 Å². The lowest BCUT2D eigenvalue weighted by Crippen LogP contribution is -2.00. The first-order chi connectivity index (χ1) is 8.24. The van der Waals surface area contributed by atoms with Crippen LogP contribution >= 0.6 is 0 Å². The fourth-order valence-electron chi connectivity index (χ4n) is 1.70. The van der Waals surface area contributed by atoms with Crippen LogP contribution in [0.1, 0.15) is 10.4 Å². The molecule has 0 aliphatic rings. The molecule has 0 bridgehead atoms. The minimum atomic E-state index is -0.954. The van der Waals surface area contributed by atoms with Crippen molar-refractivity contribution in [1.82, 2.24) is 0 Å². The molecule has 0 radical (unpaired) electrons. The Hall–Kier alpha value is -2.47. The van der Waals surface area contributed by atoms with E-state index < -0.39 is 5.97 Å². The third kappa shape index (κ3) is 2.06. The van der Waals surface area contributed by atoms with Crippen LogP contribution in [-0.4, -0.2) is 17.7 Å². The van der Waals surface area contributed by atoms with Gasteiger partial charge in [0.05, 0.1) is 5.56 Å². The molecule has 0 spiro atoms. The third-order valence-electron chi connectivity index (χ3n) is 2.43. The van der Waals surface area contributed by atoms with Crippen LogP contribution in [0.2, 0.25) is 0 Å². The van der Waals surface area contributed by atoms with Crippen LogP contribution in [0.25, 0.3) is 10.8 Å². The van der Waals surface area contributed by atoms with E-state index in [2.05, 4.69) is 5.92 Å². The van der Waals surface area contributed by atoms with E-state index >= 15 is 0 Å². The van der Waals surface area contributed by atoms with Crippen molar-refractivity contribution in [3.63, 3.8) is 0 Å². The van der Waals surface area contributed by atoms with E-state index in [1.807, 2.05) is 12.1 Å². The first-order valence-electron chi connectivity index (χ1n) is 5.05. The molecule has 0 fully saturated rings. The second-order valence-corrected chi connectivity index (χ2v) is 3.45. The molecule has 0 amide bonds. The Morgan fingerprint density at radius 2 is 1.94 bits per heavy atom. The highest BCUT2D eigenvalue weighted by atomic mass is 16.5. The van der Waals surface area contributed by atoms with E-state index in [0.717, 1.165) is 5.39 Å². The highest BCUT2D eigenvalue weighted by Gasteiger charge is 2.11. The molecular formula is C14H10O3. The molecule has 84 valence electrons. The van der Waals surface area contributed by atoms with E-state index in [9.17, 15) is 4.79 Å². The molecule has 0 aromatic heterocycles. The third-order valence-corrected chi connectivity index (χ3v) is 2.43. The normalized spacial score (nSPS) is 9.82. The number of benzene rings is 2. The Bertz CT molecular complexity index is 608. The van der Waals surface area contributed by atoms with E-state index in [4.69, 9.17) is 16.3 Å². The number of hydrogen-bond donors (Lipinski definition) is 1. The first-order valence-corrected chi connectivity index (χ1v) is 5.05. The average molecular weight is 226 g/mol. The fourth-order valence-corrected chi connectivity index (χ4v) is 1.70. The van der Waals surface area contributed by atoms with Crippen LogP contribution in [-0.2, 0) is 0 Å². The summed E-state index contributed by atoms with van der Waals surface area (Å²) in [6, 6.07) is 10.3. The molecule has 3 nitrogen and oxygen atoms in total. The zero-order valence-electron chi connectivity index (χ0n) is 9.01. The van der Waals surface area contributed by atoms with E-state index in [0.29, 0.717) is 11.1 Å². The molecule has 1 N–H and O–H groups in total. The molecule has 2 aromatic rings. The number of ether oxygens (including phenoxy) is 1. The Morgan fingerprint density at radius 3 is 2.59 bits per heavy atom. The van der Waals surface area contributed by atoms with E-state index in [1.54, 1.807) is 18.2 Å². The monoisotopic (exact) mass is 226 g/mol. The van der Waals surface area contributed by atoms with Crippen LogP contribution < -0.4 is 4.74 Å². The largest absolute Gasteiger partial charge is 0.480 e. The summed E-state index contributed by atoms with van der Waals surface area (Å²) in [7, 11) is 0. The van der Waals surface area contributed by atoms with E-state index in [-0.39, 0.29) is 12.2 Å². The van der Waals surface area contributed by atoms with Gasteiger partial charge in [-0.05, 0) is 17.5 Å². The van der Waals surface area contributed by atoms with Crippen molar-refractivity contribution in [2.75, 3.05) is 6.61 Å². The summed E-state index contributed by atoms with van der Waals surface area (Å²) >= 11 is 0. The Labute approximate surface area is 98.6 Å². The summed E-state index contributed by atoms with van der Waals surface area (Å²) < 4.78 is 5.37. The molecule has 2 rings (SSSR count). The summed E-state index contributed by atoms with van der Waals surface area (Å²) in [5.74, 6) is 2.03. The van der Waals surface area contributed by atoms with Crippen molar-refractivity contribution < 1.29 is 14.6 Å². The van der Waals surface area contributed by atoms with Gasteiger partial charge in [0.1, 0.15) is 12.4 Å². The number of carboxylic acids is 1. The van der Waals surface area contributed by atoms with Gasteiger partial charge in [0.25, 0.3) is 0 Å². The number of rotatable bonds is 3. The maximum atomic E-state index is 11.1. The number of terminal acetylenes is 1. The van der Waals surface area contributed by atoms with Crippen molar-refractivity contribution in [3.05, 3.63) is 42.0 Å². The van der Waals surface area contributed by atoms with Crippen molar-refractivity contribution in [2.24, 2.45) is 0 Å². The molecule has 17 heavy (non-hydrogen) atoms. The van der Waals surface area contributed by atoms with Crippen LogP contribution in [0.4, 0.5) is 0 Å². The van der Waals surface area contributed by atoms with Gasteiger partial charge in [0.2, 0.25) is 0 Å². The van der Waals surface area contributed by atoms with Gasteiger partial charge >= 0.3 is 5.97 Å². The maximum Gasteiger partial charge on any atom is 0.336 e. The fraction of sp³-hybridized carbons (Fsp3) is 0.0714. The lowest BCUT2D eigenvalue weighted by atomic mass is 10.0. The molecule has 0 saturated heterocycles. The van der Waals surface area contributed by atoms with Gasteiger partial charge in [-0.15, -0.1) is 6.42 Å². The average Bonchev–Trinajstić information content (AvgIpc) is 2.35. The SMILES string of the molecule is C#CCOc1ccc(C(=O)O)c2ccccc12. The van der Waals surface area contributed by atoms with Crippen LogP contribution in [0.5, 0.6) is 5.75 Å². The number of aromatic carboxylic acids is 1. The number of hydrogen-bond acceptors (Lipinski definition) is 2. The molecule has 0 heterocycles. The predicted molar refractivity (Wildman–Crippen MR) is 65.2 cm³/mol. The summed E-state index contributed by atoms with van der Waals surface area (Å²) in [6.07, 6.45) is 5.13. The quantitative estimate of drug-likeness (QED) is 0.818. The van der Waals surface area contributed by atoms with Gasteiger partial charge in [-0.3, -0.25) is 0 Å². The standard InChI is InChI=1S/C14H10O3/c1-2-9-17-13-8-7-12(14(15)16)10-5-3-4-6-11(10)13/h1,3-8H,9H2,(H,15,16). The van der Waals surface area contributed by atoms with Crippen molar-refractivity contribution in [1.29, 1.82) is 0 Å². The molecule has 2 aromatic carbocycles. The predicted octanol–water partition coefficient (Wildman–Crippen LogP) is 2.55. The van der Waals surface area contributed by atoms with Gasteiger partial charge in [0, 0.05) is 5.39 Å². The first kappa shape index (κ1) is 11.0. The zero-order chi connectivity index (χ0) is 12.3. The maximum absolute atomic E-state index is 11.1. The number of carboxylic acid groups (broad SMARTS) is 1. The van der Waals surface area contributed by atoms with Crippen molar-refractivity contribution >= 4 is 16.7 Å². The molecule has 0 aliphatic carbocycles. The van der Waals surface area contributed by atoms with Crippen LogP contribution in [0, 0.1) is 12.3 Å². The van der Waals surface area contributed by atoms with E-state index in [1.165, 1.54) is 6.07 Å². The molecule has 3 heteroatoms. The minimum absolute atomic E-state index is 0.163. The lowest BCUT2D eigenvalue weighted by molar-refractivity contribution is 0.0699. The summed E-state index contributed by atoms with van der Waals surface area (Å²) in [4.78, 5) is 11.1. The number of fused-ring (bicyclic) bond motifs is 1. The summed E-state index contributed by atoms with van der Waals surface area (Å²) in [5, 5.41) is 10.5. The summed E-state index contributed by atoms with van der Waals surface area (Å²) in [6.45, 7) is 0.163. The highest BCUT2D eigenvalue weighted by molar-refractivity contribution is 6.05. The van der Waals surface area contributed by atoms with Crippen LogP contribution in [0.3, 0.4) is 0 Å². The van der Waals surface area contributed by atoms with Gasteiger partial charge < -0.3 is 9.84 Å². The Balaban J connectivity index is 2.63. The smallest absolute Gasteiger partial charge is 0.336 e. The topological polar surface area (TPSA) is 46.5 Å². The second kappa shape index (κ2) is 4.58. The van der Waals surface area contributed by atoms with Gasteiger partial charge in [-0.25, -0.2) is 4.79 Å². The number of carbonyl (C=O) groups is 1. The summed E-state index contributed by atoms with van der Waals surface area (Å²) in [5.41, 5.74) is 0.258. The molecule has 0 aliphatic heterocycles. The Kier molecular flexibility index (Phi) is 2.97.